The van der Waals surface area contributed by atoms with Crippen molar-refractivity contribution in [3.63, 3.8) is 0 Å². The zero-order valence-corrected chi connectivity index (χ0v) is 9.36. The molecule has 1 atom stereocenters. The fourth-order valence-corrected chi connectivity index (χ4v) is 2.97. The number of hydrogen-bond acceptors (Lipinski definition) is 3. The van der Waals surface area contributed by atoms with Gasteiger partial charge in [0.05, 0.1) is 5.60 Å². The zero-order chi connectivity index (χ0) is 9.53. The van der Waals surface area contributed by atoms with Crippen LogP contribution in [0, 0.1) is 0 Å². The molecule has 0 aromatic rings. The van der Waals surface area contributed by atoms with Gasteiger partial charge in [-0.25, -0.2) is 0 Å². The number of thioether (sulfide) groups is 1. The van der Waals surface area contributed by atoms with Crippen molar-refractivity contribution in [3.8, 4) is 0 Å². The van der Waals surface area contributed by atoms with Crippen molar-refractivity contribution >= 4 is 11.8 Å². The van der Waals surface area contributed by atoms with Gasteiger partial charge in [-0.2, -0.15) is 11.8 Å². The third-order valence-corrected chi connectivity index (χ3v) is 4.69. The van der Waals surface area contributed by atoms with Crippen molar-refractivity contribution in [2.75, 3.05) is 25.9 Å². The summed E-state index contributed by atoms with van der Waals surface area (Å²) >= 11 is 2.00. The SMILES string of the molecule is CSC1(CN2CCC(C)(O)C2)CC1. The minimum Gasteiger partial charge on any atom is -0.389 e. The van der Waals surface area contributed by atoms with Crippen molar-refractivity contribution in [1.29, 1.82) is 0 Å². The van der Waals surface area contributed by atoms with Gasteiger partial charge in [-0.3, -0.25) is 4.90 Å². The molecule has 0 radical (unpaired) electrons. The molecule has 2 rings (SSSR count). The number of aliphatic hydroxyl groups is 1. The summed E-state index contributed by atoms with van der Waals surface area (Å²) in [5, 5.41) is 9.81. The fourth-order valence-electron chi connectivity index (χ4n) is 2.15. The predicted molar refractivity (Wildman–Crippen MR) is 57.2 cm³/mol. The number of likely N-dealkylation sites (tertiary alicyclic amines) is 1. The number of β-amino-alcohol motifs (C(OH)–C–C–N with tert-alkyl or cyclic N) is 1. The van der Waals surface area contributed by atoms with E-state index in [4.69, 9.17) is 0 Å². The van der Waals surface area contributed by atoms with Gasteiger partial charge in [0.2, 0.25) is 0 Å². The molecular formula is C10H19NOS. The molecule has 2 nitrogen and oxygen atoms in total. The highest BCUT2D eigenvalue weighted by molar-refractivity contribution is 8.00. The Bertz CT molecular complexity index is 201. The van der Waals surface area contributed by atoms with Gasteiger partial charge >= 0.3 is 0 Å². The van der Waals surface area contributed by atoms with Gasteiger partial charge in [0.25, 0.3) is 0 Å². The van der Waals surface area contributed by atoms with E-state index in [-0.39, 0.29) is 0 Å². The van der Waals surface area contributed by atoms with E-state index in [1.165, 1.54) is 19.4 Å². The monoisotopic (exact) mass is 201 g/mol. The van der Waals surface area contributed by atoms with Gasteiger partial charge in [0, 0.05) is 24.4 Å². The smallest absolute Gasteiger partial charge is 0.0758 e. The first kappa shape index (κ1) is 9.81. The molecule has 1 aliphatic heterocycles. The Kier molecular flexibility index (Phi) is 2.37. The van der Waals surface area contributed by atoms with Crippen LogP contribution in [0.5, 0.6) is 0 Å². The third-order valence-electron chi connectivity index (χ3n) is 3.28. The first-order valence-electron chi connectivity index (χ1n) is 5.05. The Morgan fingerprint density at radius 1 is 1.38 bits per heavy atom. The van der Waals surface area contributed by atoms with Crippen LogP contribution in [0.1, 0.15) is 26.2 Å². The van der Waals surface area contributed by atoms with Crippen LogP contribution >= 0.6 is 11.8 Å². The molecule has 2 fully saturated rings. The maximum atomic E-state index is 9.81. The summed E-state index contributed by atoms with van der Waals surface area (Å²) in [5.74, 6) is 0. The highest BCUT2D eigenvalue weighted by atomic mass is 32.2. The Morgan fingerprint density at radius 3 is 2.46 bits per heavy atom. The molecule has 0 bridgehead atoms. The summed E-state index contributed by atoms with van der Waals surface area (Å²) in [6.45, 7) is 5.08. The molecule has 13 heavy (non-hydrogen) atoms. The largest absolute Gasteiger partial charge is 0.389 e. The van der Waals surface area contributed by atoms with Crippen LogP contribution in [0.25, 0.3) is 0 Å². The molecule has 3 heteroatoms. The van der Waals surface area contributed by atoms with Crippen molar-refractivity contribution in [2.24, 2.45) is 0 Å². The van der Waals surface area contributed by atoms with E-state index in [2.05, 4.69) is 11.2 Å². The van der Waals surface area contributed by atoms with Crippen LogP contribution in [0.15, 0.2) is 0 Å². The van der Waals surface area contributed by atoms with E-state index in [1.807, 2.05) is 18.7 Å². The molecule has 0 aromatic heterocycles. The average molecular weight is 201 g/mol. The second-order valence-electron chi connectivity index (χ2n) is 4.84. The van der Waals surface area contributed by atoms with E-state index in [9.17, 15) is 5.11 Å². The Hall–Kier alpha value is 0.270. The van der Waals surface area contributed by atoms with Gasteiger partial charge in [-0.1, -0.05) is 0 Å². The fraction of sp³-hybridized carbons (Fsp3) is 1.00. The number of nitrogens with zero attached hydrogens (tertiary/aromatic N) is 1. The maximum absolute atomic E-state index is 9.81. The van der Waals surface area contributed by atoms with Crippen molar-refractivity contribution in [2.45, 2.75) is 36.5 Å². The molecular weight excluding hydrogens is 182 g/mol. The van der Waals surface area contributed by atoms with Gasteiger partial charge in [-0.15, -0.1) is 0 Å². The average Bonchev–Trinajstić information content (AvgIpc) is 2.74. The van der Waals surface area contributed by atoms with Crippen LogP contribution in [-0.4, -0.2) is 46.2 Å². The summed E-state index contributed by atoms with van der Waals surface area (Å²) in [5.41, 5.74) is -0.422. The third kappa shape index (κ3) is 2.20. The molecule has 0 aromatic carbocycles. The highest BCUT2D eigenvalue weighted by Crippen LogP contribution is 2.48. The van der Waals surface area contributed by atoms with Gasteiger partial charge < -0.3 is 5.11 Å². The molecule has 1 saturated carbocycles. The van der Waals surface area contributed by atoms with Crippen molar-refractivity contribution in [1.82, 2.24) is 4.90 Å². The van der Waals surface area contributed by atoms with Crippen LogP contribution in [0.3, 0.4) is 0 Å². The zero-order valence-electron chi connectivity index (χ0n) is 8.55. The van der Waals surface area contributed by atoms with Gasteiger partial charge in [0.15, 0.2) is 0 Å². The number of hydrogen-bond donors (Lipinski definition) is 1. The molecule has 1 aliphatic carbocycles. The lowest BCUT2D eigenvalue weighted by Crippen LogP contribution is -2.34. The molecule has 1 heterocycles. The predicted octanol–water partition coefficient (Wildman–Crippen LogP) is 1.34. The second kappa shape index (κ2) is 3.14. The van der Waals surface area contributed by atoms with Gasteiger partial charge in [0.1, 0.15) is 0 Å². The second-order valence-corrected chi connectivity index (χ2v) is 6.12. The van der Waals surface area contributed by atoms with E-state index in [0.29, 0.717) is 4.75 Å². The lowest BCUT2D eigenvalue weighted by atomic mass is 10.1. The van der Waals surface area contributed by atoms with E-state index >= 15 is 0 Å². The summed E-state index contributed by atoms with van der Waals surface area (Å²) in [6, 6.07) is 0. The first-order valence-corrected chi connectivity index (χ1v) is 6.28. The van der Waals surface area contributed by atoms with Crippen LogP contribution in [0.2, 0.25) is 0 Å². The summed E-state index contributed by atoms with van der Waals surface area (Å²) in [6.07, 6.45) is 5.89. The standard InChI is InChI=1S/C10H19NOS/c1-9(12)5-6-11(7-9)8-10(13-2)3-4-10/h12H,3-8H2,1-2H3. The highest BCUT2D eigenvalue weighted by Gasteiger charge is 2.45. The molecule has 0 amide bonds. The van der Waals surface area contributed by atoms with Crippen molar-refractivity contribution in [3.05, 3.63) is 0 Å². The van der Waals surface area contributed by atoms with Crippen LogP contribution in [-0.2, 0) is 0 Å². The minimum absolute atomic E-state index is 0.422. The molecule has 76 valence electrons. The molecule has 0 spiro atoms. The summed E-state index contributed by atoms with van der Waals surface area (Å²) in [7, 11) is 0. The topological polar surface area (TPSA) is 23.5 Å². The van der Waals surface area contributed by atoms with E-state index in [0.717, 1.165) is 19.5 Å². The Labute approximate surface area is 84.7 Å². The van der Waals surface area contributed by atoms with E-state index < -0.39 is 5.60 Å². The molecule has 1 unspecified atom stereocenters. The van der Waals surface area contributed by atoms with Crippen molar-refractivity contribution < 1.29 is 5.11 Å². The lowest BCUT2D eigenvalue weighted by Gasteiger charge is -2.23. The molecule has 1 N–H and O–H groups in total. The maximum Gasteiger partial charge on any atom is 0.0758 e. The minimum atomic E-state index is -0.422. The van der Waals surface area contributed by atoms with Crippen LogP contribution < -0.4 is 0 Å². The van der Waals surface area contributed by atoms with E-state index in [1.54, 1.807) is 0 Å². The Morgan fingerprint density at radius 2 is 2.08 bits per heavy atom. The molecule has 2 aliphatic rings. The normalized spacial score (nSPS) is 38.1. The quantitative estimate of drug-likeness (QED) is 0.745. The first-order chi connectivity index (χ1) is 6.05. The lowest BCUT2D eigenvalue weighted by molar-refractivity contribution is 0.0687. The summed E-state index contributed by atoms with van der Waals surface area (Å²) in [4.78, 5) is 2.42. The Balaban J connectivity index is 1.84. The molecule has 1 saturated heterocycles. The number of rotatable bonds is 3. The van der Waals surface area contributed by atoms with Gasteiger partial charge in [-0.05, 0) is 32.4 Å². The summed E-state index contributed by atoms with van der Waals surface area (Å²) < 4.78 is 0.556. The van der Waals surface area contributed by atoms with Crippen LogP contribution in [0.4, 0.5) is 0 Å².